The van der Waals surface area contributed by atoms with Crippen molar-refractivity contribution in [2.75, 3.05) is 16.8 Å². The molecule has 136 valence electrons. The predicted octanol–water partition coefficient (Wildman–Crippen LogP) is 4.80. The first-order valence-corrected chi connectivity index (χ1v) is 9.59. The van der Waals surface area contributed by atoms with Gasteiger partial charge in [-0.2, -0.15) is 0 Å². The predicted molar refractivity (Wildman–Crippen MR) is 111 cm³/mol. The average Bonchev–Trinajstić information content (AvgIpc) is 3.03. The highest BCUT2D eigenvalue weighted by atomic mass is 79.9. The molecule has 0 spiro atoms. The van der Waals surface area contributed by atoms with Gasteiger partial charge < -0.3 is 10.2 Å². The Labute approximate surface area is 166 Å². The standard InChI is InChI=1S/C21H19BrN4O/c1-13-11-14(2)24-21(23-13)25-18-6-4-3-5-17(18)20(27)26-10-9-15-12-16(22)7-8-19(15)26/h3-8,11-12H,9-10H2,1-2H3,(H,23,24,25). The van der Waals surface area contributed by atoms with Gasteiger partial charge in [0.2, 0.25) is 5.95 Å². The first-order chi connectivity index (χ1) is 13.0. The molecule has 1 N–H and O–H groups in total. The highest BCUT2D eigenvalue weighted by Crippen LogP contribution is 2.33. The Morgan fingerprint density at radius 2 is 1.81 bits per heavy atom. The van der Waals surface area contributed by atoms with Gasteiger partial charge in [-0.05, 0) is 62.2 Å². The SMILES string of the molecule is Cc1cc(C)nc(Nc2ccccc2C(=O)N2CCc3cc(Br)ccc32)n1. The molecular formula is C21H19BrN4O. The molecule has 0 saturated heterocycles. The van der Waals surface area contributed by atoms with Gasteiger partial charge in [0, 0.05) is 28.1 Å². The summed E-state index contributed by atoms with van der Waals surface area (Å²) in [4.78, 5) is 24.0. The lowest BCUT2D eigenvalue weighted by Crippen LogP contribution is -2.29. The van der Waals surface area contributed by atoms with Gasteiger partial charge >= 0.3 is 0 Å². The Morgan fingerprint density at radius 1 is 1.07 bits per heavy atom. The molecular weight excluding hydrogens is 404 g/mol. The molecule has 1 aromatic heterocycles. The van der Waals surface area contributed by atoms with Crippen LogP contribution in [0.4, 0.5) is 17.3 Å². The topological polar surface area (TPSA) is 58.1 Å². The number of para-hydroxylation sites is 1. The molecule has 5 nitrogen and oxygen atoms in total. The summed E-state index contributed by atoms with van der Waals surface area (Å²) in [7, 11) is 0. The summed E-state index contributed by atoms with van der Waals surface area (Å²) < 4.78 is 1.03. The normalized spacial score (nSPS) is 12.8. The van der Waals surface area contributed by atoms with Gasteiger partial charge in [0.1, 0.15) is 0 Å². The van der Waals surface area contributed by atoms with Crippen LogP contribution in [0.1, 0.15) is 27.3 Å². The molecule has 3 aromatic rings. The monoisotopic (exact) mass is 422 g/mol. The minimum Gasteiger partial charge on any atom is -0.323 e. The number of nitrogens with zero attached hydrogens (tertiary/aromatic N) is 3. The van der Waals surface area contributed by atoms with Gasteiger partial charge in [-0.25, -0.2) is 9.97 Å². The van der Waals surface area contributed by atoms with E-state index in [1.54, 1.807) is 0 Å². The second-order valence-corrected chi connectivity index (χ2v) is 7.54. The summed E-state index contributed by atoms with van der Waals surface area (Å²) in [6, 6.07) is 15.5. The molecule has 1 aliphatic rings. The average molecular weight is 423 g/mol. The van der Waals surface area contributed by atoms with Crippen molar-refractivity contribution in [3.8, 4) is 0 Å². The largest absolute Gasteiger partial charge is 0.323 e. The van der Waals surface area contributed by atoms with Crippen LogP contribution < -0.4 is 10.2 Å². The second kappa shape index (κ2) is 7.12. The van der Waals surface area contributed by atoms with Crippen molar-refractivity contribution >= 4 is 39.2 Å². The maximum absolute atomic E-state index is 13.3. The number of rotatable bonds is 3. The number of fused-ring (bicyclic) bond motifs is 1. The number of carbonyl (C=O) groups excluding carboxylic acids is 1. The van der Waals surface area contributed by atoms with E-state index in [1.165, 1.54) is 5.56 Å². The second-order valence-electron chi connectivity index (χ2n) is 6.62. The molecule has 0 unspecified atom stereocenters. The van der Waals surface area contributed by atoms with Gasteiger partial charge in [0.15, 0.2) is 0 Å². The Kier molecular flexibility index (Phi) is 4.66. The zero-order valence-electron chi connectivity index (χ0n) is 15.2. The molecule has 1 amide bonds. The zero-order valence-corrected chi connectivity index (χ0v) is 16.7. The summed E-state index contributed by atoms with van der Waals surface area (Å²) in [6.45, 7) is 4.53. The van der Waals surface area contributed by atoms with Crippen LogP contribution in [0.3, 0.4) is 0 Å². The Bertz CT molecular complexity index is 1010. The summed E-state index contributed by atoms with van der Waals surface area (Å²) in [5.41, 5.74) is 5.23. The lowest BCUT2D eigenvalue weighted by Gasteiger charge is -2.19. The molecule has 1 aliphatic heterocycles. The summed E-state index contributed by atoms with van der Waals surface area (Å²) >= 11 is 3.50. The van der Waals surface area contributed by atoms with Crippen LogP contribution >= 0.6 is 15.9 Å². The van der Waals surface area contributed by atoms with E-state index in [0.717, 1.165) is 28.0 Å². The minimum atomic E-state index is -0.0245. The fourth-order valence-electron chi connectivity index (χ4n) is 3.41. The molecule has 0 aliphatic carbocycles. The van der Waals surface area contributed by atoms with Crippen molar-refractivity contribution in [3.63, 3.8) is 0 Å². The highest BCUT2D eigenvalue weighted by molar-refractivity contribution is 9.10. The minimum absolute atomic E-state index is 0.0245. The number of carbonyl (C=O) groups is 1. The van der Waals surface area contributed by atoms with Crippen molar-refractivity contribution in [2.45, 2.75) is 20.3 Å². The van der Waals surface area contributed by atoms with E-state index in [1.807, 2.05) is 61.2 Å². The van der Waals surface area contributed by atoms with Crippen LogP contribution in [0.15, 0.2) is 53.0 Å². The van der Waals surface area contributed by atoms with E-state index in [0.29, 0.717) is 23.7 Å². The molecule has 0 fully saturated rings. The number of aryl methyl sites for hydroxylation is 2. The number of aromatic nitrogens is 2. The van der Waals surface area contributed by atoms with Crippen LogP contribution in [0.2, 0.25) is 0 Å². The van der Waals surface area contributed by atoms with E-state index in [4.69, 9.17) is 0 Å². The third-order valence-corrected chi connectivity index (χ3v) is 5.06. The molecule has 0 radical (unpaired) electrons. The number of anilines is 3. The van der Waals surface area contributed by atoms with Crippen LogP contribution in [0.25, 0.3) is 0 Å². The van der Waals surface area contributed by atoms with Gasteiger partial charge in [0.05, 0.1) is 11.3 Å². The van der Waals surface area contributed by atoms with Crippen molar-refractivity contribution < 1.29 is 4.79 Å². The molecule has 0 atom stereocenters. The van der Waals surface area contributed by atoms with Crippen LogP contribution in [0.5, 0.6) is 0 Å². The maximum atomic E-state index is 13.3. The summed E-state index contributed by atoms with van der Waals surface area (Å²) in [5, 5.41) is 3.21. The molecule has 6 heteroatoms. The number of benzene rings is 2. The van der Waals surface area contributed by atoms with Crippen molar-refractivity contribution in [3.05, 3.63) is 75.5 Å². The van der Waals surface area contributed by atoms with E-state index in [-0.39, 0.29) is 5.91 Å². The summed E-state index contributed by atoms with van der Waals surface area (Å²) in [5.74, 6) is 0.474. The molecule has 2 heterocycles. The fourth-order valence-corrected chi connectivity index (χ4v) is 3.82. The number of hydrogen-bond acceptors (Lipinski definition) is 4. The van der Waals surface area contributed by atoms with Gasteiger partial charge in [-0.3, -0.25) is 4.79 Å². The van der Waals surface area contributed by atoms with Crippen molar-refractivity contribution in [2.24, 2.45) is 0 Å². The van der Waals surface area contributed by atoms with Gasteiger partial charge in [-0.1, -0.05) is 28.1 Å². The van der Waals surface area contributed by atoms with E-state index < -0.39 is 0 Å². The quantitative estimate of drug-likeness (QED) is 0.658. The Morgan fingerprint density at radius 3 is 2.59 bits per heavy atom. The summed E-state index contributed by atoms with van der Waals surface area (Å²) in [6.07, 6.45) is 0.857. The number of halogens is 1. The molecule has 0 bridgehead atoms. The van der Waals surface area contributed by atoms with E-state index in [9.17, 15) is 4.79 Å². The number of amides is 1. The zero-order chi connectivity index (χ0) is 19.0. The molecule has 2 aromatic carbocycles. The molecule has 27 heavy (non-hydrogen) atoms. The first-order valence-electron chi connectivity index (χ1n) is 8.80. The number of nitrogens with one attached hydrogen (secondary N) is 1. The van der Waals surface area contributed by atoms with Crippen LogP contribution in [-0.4, -0.2) is 22.4 Å². The molecule has 4 rings (SSSR count). The molecule has 0 saturated carbocycles. The van der Waals surface area contributed by atoms with Gasteiger partial charge in [0.25, 0.3) is 5.91 Å². The van der Waals surface area contributed by atoms with E-state index >= 15 is 0 Å². The van der Waals surface area contributed by atoms with E-state index in [2.05, 4.69) is 37.3 Å². The third-order valence-electron chi connectivity index (χ3n) is 4.57. The smallest absolute Gasteiger partial charge is 0.260 e. The first kappa shape index (κ1) is 17.7. The Hall–Kier alpha value is -2.73. The highest BCUT2D eigenvalue weighted by Gasteiger charge is 2.27. The van der Waals surface area contributed by atoms with Crippen LogP contribution in [0, 0.1) is 13.8 Å². The van der Waals surface area contributed by atoms with Crippen molar-refractivity contribution in [1.82, 2.24) is 9.97 Å². The van der Waals surface area contributed by atoms with Crippen LogP contribution in [-0.2, 0) is 6.42 Å². The fraction of sp³-hybridized carbons (Fsp3) is 0.190. The Balaban J connectivity index is 1.66. The van der Waals surface area contributed by atoms with Crippen molar-refractivity contribution in [1.29, 1.82) is 0 Å². The third kappa shape index (κ3) is 3.57. The van der Waals surface area contributed by atoms with Gasteiger partial charge in [-0.15, -0.1) is 0 Å². The lowest BCUT2D eigenvalue weighted by molar-refractivity contribution is 0.0990. The lowest BCUT2D eigenvalue weighted by atomic mass is 10.1. The maximum Gasteiger partial charge on any atom is 0.260 e. The number of hydrogen-bond donors (Lipinski definition) is 1.